The van der Waals surface area contributed by atoms with Gasteiger partial charge in [-0.2, -0.15) is 0 Å². The molecule has 4 aromatic rings. The second kappa shape index (κ2) is 9.79. The van der Waals surface area contributed by atoms with E-state index in [2.05, 4.69) is 10.9 Å². The standard InChI is InChI=1S/C27H24N2O3/c1-19(32-24-16-14-21(15-17-24)20-8-3-2-4-9-20)27(31)29-28-26(30)18-23-12-7-11-22-10-5-6-13-25(22)23/h2-17,19H,18H2,1H3,(H,28,30)(H,29,31). The Morgan fingerprint density at radius 2 is 1.41 bits per heavy atom. The predicted molar refractivity (Wildman–Crippen MR) is 126 cm³/mol. The summed E-state index contributed by atoms with van der Waals surface area (Å²) in [7, 11) is 0. The summed E-state index contributed by atoms with van der Waals surface area (Å²) in [6, 6.07) is 31.3. The van der Waals surface area contributed by atoms with Crippen LogP contribution in [-0.2, 0) is 16.0 Å². The van der Waals surface area contributed by atoms with E-state index in [0.717, 1.165) is 27.5 Å². The Kier molecular flexibility index (Phi) is 6.46. The van der Waals surface area contributed by atoms with Crippen LogP contribution in [0.25, 0.3) is 21.9 Å². The van der Waals surface area contributed by atoms with Gasteiger partial charge in [0.05, 0.1) is 6.42 Å². The van der Waals surface area contributed by atoms with Crippen molar-refractivity contribution in [3.05, 3.63) is 103 Å². The average Bonchev–Trinajstić information content (AvgIpc) is 2.84. The van der Waals surface area contributed by atoms with Gasteiger partial charge in [0.25, 0.3) is 5.91 Å². The Labute approximate surface area is 187 Å². The Balaban J connectivity index is 1.29. The van der Waals surface area contributed by atoms with Crippen molar-refractivity contribution in [3.8, 4) is 16.9 Å². The Morgan fingerprint density at radius 3 is 2.19 bits per heavy atom. The smallest absolute Gasteiger partial charge is 0.279 e. The van der Waals surface area contributed by atoms with Gasteiger partial charge in [0.1, 0.15) is 5.75 Å². The first-order valence-corrected chi connectivity index (χ1v) is 10.5. The lowest BCUT2D eigenvalue weighted by Gasteiger charge is -2.15. The maximum absolute atomic E-state index is 12.4. The highest BCUT2D eigenvalue weighted by Gasteiger charge is 2.16. The lowest BCUT2D eigenvalue weighted by Crippen LogP contribution is -2.47. The molecule has 0 aliphatic carbocycles. The first-order valence-electron chi connectivity index (χ1n) is 10.5. The summed E-state index contributed by atoms with van der Waals surface area (Å²) >= 11 is 0. The number of hydrogen-bond acceptors (Lipinski definition) is 3. The van der Waals surface area contributed by atoms with Gasteiger partial charge in [0.15, 0.2) is 6.10 Å². The number of fused-ring (bicyclic) bond motifs is 1. The van der Waals surface area contributed by atoms with Crippen molar-refractivity contribution in [2.24, 2.45) is 0 Å². The molecule has 0 fully saturated rings. The van der Waals surface area contributed by atoms with E-state index >= 15 is 0 Å². The molecule has 0 heterocycles. The first-order chi connectivity index (χ1) is 15.6. The summed E-state index contributed by atoms with van der Waals surface area (Å²) in [5.74, 6) is -0.146. The van der Waals surface area contributed by atoms with Crippen LogP contribution < -0.4 is 15.6 Å². The van der Waals surface area contributed by atoms with Crippen LogP contribution in [0.2, 0.25) is 0 Å². The molecular formula is C27H24N2O3. The van der Waals surface area contributed by atoms with E-state index in [0.29, 0.717) is 5.75 Å². The summed E-state index contributed by atoms with van der Waals surface area (Å²) in [6.07, 6.45) is -0.604. The van der Waals surface area contributed by atoms with E-state index in [1.54, 1.807) is 6.92 Å². The number of nitrogens with one attached hydrogen (secondary N) is 2. The number of hydrazine groups is 1. The summed E-state index contributed by atoms with van der Waals surface area (Å²) < 4.78 is 5.71. The van der Waals surface area contributed by atoms with Gasteiger partial charge in [-0.15, -0.1) is 0 Å². The minimum Gasteiger partial charge on any atom is -0.481 e. The van der Waals surface area contributed by atoms with Crippen molar-refractivity contribution >= 4 is 22.6 Å². The zero-order chi connectivity index (χ0) is 22.3. The zero-order valence-corrected chi connectivity index (χ0v) is 17.7. The molecule has 1 unspecified atom stereocenters. The van der Waals surface area contributed by atoms with Crippen LogP contribution in [0, 0.1) is 0 Å². The van der Waals surface area contributed by atoms with Crippen LogP contribution in [0.5, 0.6) is 5.75 Å². The summed E-state index contributed by atoms with van der Waals surface area (Å²) in [5, 5.41) is 2.09. The SMILES string of the molecule is CC(Oc1ccc(-c2ccccc2)cc1)C(=O)NNC(=O)Cc1cccc2ccccc12. The molecule has 4 aromatic carbocycles. The fourth-order valence-corrected chi connectivity index (χ4v) is 3.51. The molecule has 0 aliphatic heterocycles. The van der Waals surface area contributed by atoms with Crippen molar-refractivity contribution in [1.82, 2.24) is 10.9 Å². The highest BCUT2D eigenvalue weighted by Crippen LogP contribution is 2.22. The molecule has 2 amide bonds. The van der Waals surface area contributed by atoms with Crippen molar-refractivity contribution in [2.75, 3.05) is 0 Å². The molecule has 0 spiro atoms. The maximum atomic E-state index is 12.4. The van der Waals surface area contributed by atoms with Crippen molar-refractivity contribution in [3.63, 3.8) is 0 Å². The van der Waals surface area contributed by atoms with Gasteiger partial charge >= 0.3 is 0 Å². The molecule has 5 nitrogen and oxygen atoms in total. The largest absolute Gasteiger partial charge is 0.481 e. The van der Waals surface area contributed by atoms with E-state index in [-0.39, 0.29) is 12.3 Å². The third-order valence-corrected chi connectivity index (χ3v) is 5.20. The molecule has 0 saturated carbocycles. The summed E-state index contributed by atoms with van der Waals surface area (Å²) in [4.78, 5) is 24.7. The van der Waals surface area contributed by atoms with Crippen molar-refractivity contribution in [1.29, 1.82) is 0 Å². The minimum atomic E-state index is -0.768. The molecule has 4 rings (SSSR count). The Morgan fingerprint density at radius 1 is 0.750 bits per heavy atom. The lowest BCUT2D eigenvalue weighted by molar-refractivity contribution is -0.132. The van der Waals surface area contributed by atoms with Gasteiger partial charge in [-0.05, 0) is 46.5 Å². The van der Waals surface area contributed by atoms with Gasteiger partial charge in [-0.25, -0.2) is 0 Å². The monoisotopic (exact) mass is 424 g/mol. The van der Waals surface area contributed by atoms with E-state index in [9.17, 15) is 9.59 Å². The molecule has 1 atom stereocenters. The predicted octanol–water partition coefficient (Wildman–Crippen LogP) is 4.66. The number of rotatable bonds is 6. The second-order valence-corrected chi connectivity index (χ2v) is 7.50. The maximum Gasteiger partial charge on any atom is 0.279 e. The molecule has 5 heteroatoms. The number of carbonyl (C=O) groups excluding carboxylic acids is 2. The number of benzene rings is 4. The van der Waals surface area contributed by atoms with Crippen molar-refractivity contribution < 1.29 is 14.3 Å². The molecule has 160 valence electrons. The van der Waals surface area contributed by atoms with Crippen molar-refractivity contribution in [2.45, 2.75) is 19.4 Å². The van der Waals surface area contributed by atoms with E-state index < -0.39 is 12.0 Å². The molecule has 0 saturated heterocycles. The summed E-state index contributed by atoms with van der Waals surface area (Å²) in [5.41, 5.74) is 8.00. The normalized spacial score (nSPS) is 11.5. The minimum absolute atomic E-state index is 0.165. The lowest BCUT2D eigenvalue weighted by atomic mass is 10.0. The van der Waals surface area contributed by atoms with Crippen LogP contribution in [0.4, 0.5) is 0 Å². The van der Waals surface area contributed by atoms with Crippen LogP contribution in [0.1, 0.15) is 12.5 Å². The fourth-order valence-electron chi connectivity index (χ4n) is 3.51. The Hall–Kier alpha value is -4.12. The average molecular weight is 425 g/mol. The fraction of sp³-hybridized carbons (Fsp3) is 0.111. The van der Waals surface area contributed by atoms with Gasteiger partial charge < -0.3 is 4.74 Å². The van der Waals surface area contributed by atoms with Gasteiger partial charge in [-0.1, -0.05) is 84.9 Å². The van der Waals surface area contributed by atoms with Gasteiger partial charge in [-0.3, -0.25) is 20.4 Å². The second-order valence-electron chi connectivity index (χ2n) is 7.50. The van der Waals surface area contributed by atoms with Gasteiger partial charge in [0, 0.05) is 0 Å². The van der Waals surface area contributed by atoms with Crippen LogP contribution in [-0.4, -0.2) is 17.9 Å². The molecule has 2 N–H and O–H groups in total. The first kappa shape index (κ1) is 21.1. The number of carbonyl (C=O) groups is 2. The number of ether oxygens (including phenoxy) is 1. The molecule has 0 radical (unpaired) electrons. The van der Waals surface area contributed by atoms with Crippen LogP contribution in [0.15, 0.2) is 97.1 Å². The Bertz CT molecular complexity index is 1220. The van der Waals surface area contributed by atoms with Gasteiger partial charge in [0.2, 0.25) is 5.91 Å². The third kappa shape index (κ3) is 5.13. The van der Waals surface area contributed by atoms with E-state index in [4.69, 9.17) is 4.74 Å². The molecule has 0 aromatic heterocycles. The summed E-state index contributed by atoms with van der Waals surface area (Å²) in [6.45, 7) is 1.64. The highest BCUT2D eigenvalue weighted by atomic mass is 16.5. The number of hydrogen-bond donors (Lipinski definition) is 2. The molecular weight excluding hydrogens is 400 g/mol. The molecule has 0 bridgehead atoms. The third-order valence-electron chi connectivity index (χ3n) is 5.20. The highest BCUT2D eigenvalue weighted by molar-refractivity contribution is 5.91. The topological polar surface area (TPSA) is 67.4 Å². The quantitative estimate of drug-likeness (QED) is 0.442. The van der Waals surface area contributed by atoms with E-state index in [1.807, 2.05) is 97.1 Å². The number of amides is 2. The molecule has 32 heavy (non-hydrogen) atoms. The van der Waals surface area contributed by atoms with E-state index in [1.165, 1.54) is 0 Å². The van der Waals surface area contributed by atoms with Crippen LogP contribution in [0.3, 0.4) is 0 Å². The van der Waals surface area contributed by atoms with Crippen LogP contribution >= 0.6 is 0 Å². The zero-order valence-electron chi connectivity index (χ0n) is 17.7. The molecule has 0 aliphatic rings.